The van der Waals surface area contributed by atoms with E-state index in [1.54, 1.807) is 0 Å². The number of hydrogen-bond acceptors (Lipinski definition) is 4. The number of nitrogens with zero attached hydrogens (tertiary/aromatic N) is 3. The van der Waals surface area contributed by atoms with Crippen LogP contribution in [-0.4, -0.2) is 30.8 Å². The summed E-state index contributed by atoms with van der Waals surface area (Å²) in [6.07, 6.45) is 8.64. The smallest absolute Gasteiger partial charge is 0.338 e. The lowest BCUT2D eigenvalue weighted by atomic mass is 9.84. The van der Waals surface area contributed by atoms with Crippen LogP contribution in [-0.2, 0) is 0 Å². The minimum atomic E-state index is -1.08. The number of H-pyrrole nitrogens is 1. The van der Waals surface area contributed by atoms with Gasteiger partial charge in [-0.1, -0.05) is 25.3 Å². The molecule has 0 aliphatic heterocycles. The van der Waals surface area contributed by atoms with E-state index in [1.165, 1.54) is 54.7 Å². The summed E-state index contributed by atoms with van der Waals surface area (Å²) >= 11 is 0. The van der Waals surface area contributed by atoms with Gasteiger partial charge in [0.2, 0.25) is 5.95 Å². The lowest BCUT2D eigenvalue weighted by Gasteiger charge is -2.22. The maximum absolute atomic E-state index is 12.5. The quantitative estimate of drug-likeness (QED) is 0.765. The number of aromatic amines is 1. The van der Waals surface area contributed by atoms with Crippen molar-refractivity contribution in [3.8, 4) is 5.95 Å². The first-order valence-corrected chi connectivity index (χ1v) is 8.44. The fraction of sp³-hybridized carbons (Fsp3) is 0.333. The molecule has 0 radical (unpaired) electrons. The standard InChI is InChI=1S/C18H18N4O3/c23-16-14-8-12(11-4-2-1-3-5-11)6-7-15(14)20-18(21-16)22-10-13(9-19-22)17(24)25/h6-11H,1-5H2,(H,24,25)(H,20,21,23). The monoisotopic (exact) mass is 338 g/mol. The molecule has 1 aromatic carbocycles. The third-order valence-corrected chi connectivity index (χ3v) is 4.84. The van der Waals surface area contributed by atoms with Gasteiger partial charge in [0.15, 0.2) is 0 Å². The van der Waals surface area contributed by atoms with E-state index in [9.17, 15) is 9.59 Å². The van der Waals surface area contributed by atoms with Crippen LogP contribution in [0.25, 0.3) is 16.9 Å². The molecular weight excluding hydrogens is 320 g/mol. The number of rotatable bonds is 3. The summed E-state index contributed by atoms with van der Waals surface area (Å²) in [6, 6.07) is 5.84. The number of benzene rings is 1. The van der Waals surface area contributed by atoms with Gasteiger partial charge in [0.05, 0.1) is 22.7 Å². The van der Waals surface area contributed by atoms with E-state index in [4.69, 9.17) is 5.11 Å². The molecule has 7 heteroatoms. The Balaban J connectivity index is 1.74. The summed E-state index contributed by atoms with van der Waals surface area (Å²) < 4.78 is 1.26. The molecule has 0 atom stereocenters. The van der Waals surface area contributed by atoms with Gasteiger partial charge in [-0.3, -0.25) is 9.78 Å². The molecule has 2 heterocycles. The number of carbonyl (C=O) groups is 1. The van der Waals surface area contributed by atoms with E-state index in [-0.39, 0.29) is 17.1 Å². The molecule has 3 aromatic rings. The molecule has 1 aliphatic carbocycles. The molecule has 4 rings (SSSR count). The van der Waals surface area contributed by atoms with Crippen molar-refractivity contribution in [2.24, 2.45) is 0 Å². The lowest BCUT2D eigenvalue weighted by Crippen LogP contribution is -2.14. The van der Waals surface area contributed by atoms with Crippen LogP contribution in [0.2, 0.25) is 0 Å². The van der Waals surface area contributed by atoms with Crippen molar-refractivity contribution in [3.05, 3.63) is 52.1 Å². The summed E-state index contributed by atoms with van der Waals surface area (Å²) in [6.45, 7) is 0. The van der Waals surface area contributed by atoms with Crippen molar-refractivity contribution in [2.45, 2.75) is 38.0 Å². The fourth-order valence-corrected chi connectivity index (χ4v) is 3.49. The molecule has 0 spiro atoms. The number of aromatic carboxylic acids is 1. The Morgan fingerprint density at radius 1 is 1.24 bits per heavy atom. The zero-order valence-corrected chi connectivity index (χ0v) is 13.6. The number of fused-ring (bicyclic) bond motifs is 1. The number of carboxylic acid groups (broad SMARTS) is 1. The Hall–Kier alpha value is -2.96. The molecule has 2 N–H and O–H groups in total. The third-order valence-electron chi connectivity index (χ3n) is 4.84. The van der Waals surface area contributed by atoms with Crippen molar-refractivity contribution in [3.63, 3.8) is 0 Å². The maximum Gasteiger partial charge on any atom is 0.338 e. The molecule has 0 saturated heterocycles. The van der Waals surface area contributed by atoms with E-state index in [2.05, 4.69) is 15.1 Å². The summed E-state index contributed by atoms with van der Waals surface area (Å²) in [5.74, 6) is -0.358. The predicted octanol–water partition coefficient (Wildman–Crippen LogP) is 2.85. The van der Waals surface area contributed by atoms with Crippen LogP contribution in [0.3, 0.4) is 0 Å². The zero-order valence-electron chi connectivity index (χ0n) is 13.6. The summed E-state index contributed by atoms with van der Waals surface area (Å²) in [5.41, 5.74) is 1.56. The van der Waals surface area contributed by atoms with Crippen LogP contribution in [0.15, 0.2) is 35.4 Å². The maximum atomic E-state index is 12.5. The highest BCUT2D eigenvalue weighted by molar-refractivity contribution is 5.87. The lowest BCUT2D eigenvalue weighted by molar-refractivity contribution is 0.0697. The van der Waals surface area contributed by atoms with Crippen LogP contribution >= 0.6 is 0 Å². The average molecular weight is 338 g/mol. The highest BCUT2D eigenvalue weighted by Crippen LogP contribution is 2.33. The van der Waals surface area contributed by atoms with Crippen LogP contribution < -0.4 is 5.56 Å². The molecule has 7 nitrogen and oxygen atoms in total. The van der Waals surface area contributed by atoms with Gasteiger partial charge in [-0.25, -0.2) is 14.5 Å². The molecule has 0 amide bonds. The molecule has 1 fully saturated rings. The largest absolute Gasteiger partial charge is 0.478 e. The van der Waals surface area contributed by atoms with Crippen LogP contribution in [0.5, 0.6) is 0 Å². The topological polar surface area (TPSA) is 101 Å². The second-order valence-corrected chi connectivity index (χ2v) is 6.48. The molecule has 1 saturated carbocycles. The van der Waals surface area contributed by atoms with E-state index in [0.29, 0.717) is 16.8 Å². The number of aromatic nitrogens is 4. The normalized spacial score (nSPS) is 15.5. The summed E-state index contributed by atoms with van der Waals surface area (Å²) in [4.78, 5) is 30.6. The van der Waals surface area contributed by atoms with Crippen LogP contribution in [0.4, 0.5) is 0 Å². The first-order valence-electron chi connectivity index (χ1n) is 8.44. The summed E-state index contributed by atoms with van der Waals surface area (Å²) in [7, 11) is 0. The highest BCUT2D eigenvalue weighted by atomic mass is 16.4. The van der Waals surface area contributed by atoms with E-state index in [1.807, 2.05) is 18.2 Å². The predicted molar refractivity (Wildman–Crippen MR) is 92.3 cm³/mol. The van der Waals surface area contributed by atoms with Crippen molar-refractivity contribution in [2.75, 3.05) is 0 Å². The number of carboxylic acids is 1. The van der Waals surface area contributed by atoms with Crippen molar-refractivity contribution in [1.29, 1.82) is 0 Å². The number of nitrogens with one attached hydrogen (secondary N) is 1. The van der Waals surface area contributed by atoms with E-state index >= 15 is 0 Å². The van der Waals surface area contributed by atoms with Gasteiger partial charge in [0.1, 0.15) is 0 Å². The molecular formula is C18H18N4O3. The third kappa shape index (κ3) is 2.93. The van der Waals surface area contributed by atoms with Gasteiger partial charge in [0, 0.05) is 6.20 Å². The Morgan fingerprint density at radius 3 is 2.76 bits per heavy atom. The molecule has 128 valence electrons. The van der Waals surface area contributed by atoms with E-state index in [0.717, 1.165) is 0 Å². The van der Waals surface area contributed by atoms with Gasteiger partial charge < -0.3 is 5.11 Å². The van der Waals surface area contributed by atoms with Gasteiger partial charge in [-0.05, 0) is 36.5 Å². The summed E-state index contributed by atoms with van der Waals surface area (Å²) in [5, 5.41) is 13.5. The zero-order chi connectivity index (χ0) is 17.4. The van der Waals surface area contributed by atoms with E-state index < -0.39 is 5.97 Å². The van der Waals surface area contributed by atoms with Gasteiger partial charge in [-0.15, -0.1) is 0 Å². The molecule has 2 aromatic heterocycles. The SMILES string of the molecule is O=C(O)c1cnn(-c2nc3ccc(C4CCCCC4)cc3c(=O)[nH]2)c1. The van der Waals surface area contributed by atoms with Crippen molar-refractivity contribution < 1.29 is 9.90 Å². The second kappa shape index (κ2) is 6.16. The first kappa shape index (κ1) is 15.6. The van der Waals surface area contributed by atoms with Gasteiger partial charge in [-0.2, -0.15) is 5.10 Å². The molecule has 25 heavy (non-hydrogen) atoms. The Labute approximate surface area is 143 Å². The molecule has 1 aliphatic rings. The second-order valence-electron chi connectivity index (χ2n) is 6.48. The van der Waals surface area contributed by atoms with Crippen LogP contribution in [0.1, 0.15) is 53.9 Å². The highest BCUT2D eigenvalue weighted by Gasteiger charge is 2.17. The van der Waals surface area contributed by atoms with Crippen molar-refractivity contribution >= 4 is 16.9 Å². The Morgan fingerprint density at radius 2 is 2.04 bits per heavy atom. The molecule has 0 unspecified atom stereocenters. The fourth-order valence-electron chi connectivity index (χ4n) is 3.49. The minimum absolute atomic E-state index is 0.0374. The number of hydrogen-bond donors (Lipinski definition) is 2. The van der Waals surface area contributed by atoms with Crippen LogP contribution in [0, 0.1) is 0 Å². The van der Waals surface area contributed by atoms with Gasteiger partial charge >= 0.3 is 5.97 Å². The van der Waals surface area contributed by atoms with Crippen molar-refractivity contribution in [1.82, 2.24) is 19.7 Å². The molecule has 0 bridgehead atoms. The Bertz CT molecular complexity index is 999. The average Bonchev–Trinajstić information content (AvgIpc) is 3.13. The Kier molecular flexibility index (Phi) is 3.83. The van der Waals surface area contributed by atoms with Gasteiger partial charge in [0.25, 0.3) is 5.56 Å². The minimum Gasteiger partial charge on any atom is -0.478 e. The first-order chi connectivity index (χ1) is 12.1.